The first-order valence-electron chi connectivity index (χ1n) is 8.41. The zero-order valence-corrected chi connectivity index (χ0v) is 14.8. The fraction of sp³-hybridized carbons (Fsp3) is 0.0952. The van der Waals surface area contributed by atoms with Crippen LogP contribution in [0.25, 0.3) is 11.3 Å². The minimum absolute atomic E-state index is 0.206. The summed E-state index contributed by atoms with van der Waals surface area (Å²) in [5.74, 6) is -0.783. The van der Waals surface area contributed by atoms with Gasteiger partial charge >= 0.3 is 0 Å². The van der Waals surface area contributed by atoms with Crippen LogP contribution in [0.1, 0.15) is 31.8 Å². The highest BCUT2D eigenvalue weighted by molar-refractivity contribution is 5.95. The molecule has 2 aromatic carbocycles. The van der Waals surface area contributed by atoms with Crippen LogP contribution in [0.5, 0.6) is 0 Å². The molecule has 2 amide bonds. The predicted molar refractivity (Wildman–Crippen MR) is 101 cm³/mol. The Hall–Kier alpha value is -3.51. The first kappa shape index (κ1) is 18.3. The lowest BCUT2D eigenvalue weighted by molar-refractivity contribution is 0.0706. The van der Waals surface area contributed by atoms with E-state index in [9.17, 15) is 9.59 Å². The smallest absolute Gasteiger partial charge is 0.274 e. The van der Waals surface area contributed by atoms with E-state index in [1.807, 2.05) is 31.2 Å². The minimum atomic E-state index is -0.578. The Morgan fingerprint density at radius 2 is 1.63 bits per heavy atom. The van der Waals surface area contributed by atoms with Crippen molar-refractivity contribution < 1.29 is 14.8 Å². The quantitative estimate of drug-likeness (QED) is 0.481. The second-order valence-electron chi connectivity index (χ2n) is 6.12. The molecule has 0 unspecified atom stereocenters. The lowest BCUT2D eigenvalue weighted by atomic mass is 10.1. The van der Waals surface area contributed by atoms with Gasteiger partial charge in [-0.15, -0.1) is 0 Å². The molecular weight excluding hydrogens is 342 g/mol. The van der Waals surface area contributed by atoms with Crippen LogP contribution < -0.4 is 10.8 Å². The van der Waals surface area contributed by atoms with Gasteiger partial charge in [-0.25, -0.2) is 5.48 Å². The lowest BCUT2D eigenvalue weighted by Gasteiger charge is -2.08. The van der Waals surface area contributed by atoms with Gasteiger partial charge < -0.3 is 5.32 Å². The summed E-state index contributed by atoms with van der Waals surface area (Å²) in [6.07, 6.45) is 1.62. The second kappa shape index (κ2) is 8.25. The number of nitrogens with zero attached hydrogens (tertiary/aromatic N) is 1. The number of nitrogens with one attached hydrogen (secondary N) is 2. The van der Waals surface area contributed by atoms with E-state index in [0.717, 1.165) is 22.4 Å². The van der Waals surface area contributed by atoms with E-state index in [1.54, 1.807) is 48.1 Å². The fourth-order valence-corrected chi connectivity index (χ4v) is 2.58. The van der Waals surface area contributed by atoms with Crippen molar-refractivity contribution in [1.29, 1.82) is 0 Å². The Bertz CT molecular complexity index is 951. The van der Waals surface area contributed by atoms with Crippen LogP contribution in [0.4, 0.5) is 0 Å². The molecule has 1 heterocycles. The topological polar surface area (TPSA) is 91.3 Å². The SMILES string of the molecule is Cc1ccc(-c2cc(C(=O)NCc3ccc(C(=O)NO)cc3)ccn2)cc1. The number of hydroxylamine groups is 1. The zero-order chi connectivity index (χ0) is 19.2. The molecule has 3 rings (SSSR count). The van der Waals surface area contributed by atoms with Crippen LogP contribution >= 0.6 is 0 Å². The maximum Gasteiger partial charge on any atom is 0.274 e. The number of benzene rings is 2. The first-order valence-corrected chi connectivity index (χ1v) is 8.41. The molecule has 27 heavy (non-hydrogen) atoms. The molecule has 0 saturated heterocycles. The van der Waals surface area contributed by atoms with Gasteiger partial charge in [0, 0.05) is 29.4 Å². The monoisotopic (exact) mass is 361 g/mol. The summed E-state index contributed by atoms with van der Waals surface area (Å²) in [7, 11) is 0. The van der Waals surface area contributed by atoms with Gasteiger partial charge in [0.2, 0.25) is 0 Å². The number of hydrogen-bond donors (Lipinski definition) is 3. The third kappa shape index (κ3) is 4.56. The molecule has 0 aliphatic heterocycles. The van der Waals surface area contributed by atoms with Crippen LogP contribution in [0.15, 0.2) is 66.9 Å². The molecule has 1 aromatic heterocycles. The highest BCUT2D eigenvalue weighted by Crippen LogP contribution is 2.18. The van der Waals surface area contributed by atoms with Gasteiger partial charge in [-0.2, -0.15) is 0 Å². The summed E-state index contributed by atoms with van der Waals surface area (Å²) in [6.45, 7) is 2.34. The molecule has 0 atom stereocenters. The molecular formula is C21H19N3O3. The molecule has 6 nitrogen and oxygen atoms in total. The highest BCUT2D eigenvalue weighted by atomic mass is 16.5. The number of carbonyl (C=O) groups is 2. The normalized spacial score (nSPS) is 10.3. The van der Waals surface area contributed by atoms with Gasteiger partial charge in [-0.1, -0.05) is 42.0 Å². The van der Waals surface area contributed by atoms with Crippen LogP contribution in [0, 0.1) is 6.92 Å². The number of carbonyl (C=O) groups excluding carboxylic acids is 2. The summed E-state index contributed by atoms with van der Waals surface area (Å²) < 4.78 is 0. The lowest BCUT2D eigenvalue weighted by Crippen LogP contribution is -2.23. The molecule has 0 radical (unpaired) electrons. The molecule has 0 aliphatic carbocycles. The summed E-state index contributed by atoms with van der Waals surface area (Å²) >= 11 is 0. The third-order valence-electron chi connectivity index (χ3n) is 4.14. The van der Waals surface area contributed by atoms with Gasteiger partial charge in [0.25, 0.3) is 11.8 Å². The molecule has 0 aliphatic rings. The molecule has 0 bridgehead atoms. The summed E-state index contributed by atoms with van der Waals surface area (Å²) in [6, 6.07) is 18.0. The Morgan fingerprint density at radius 1 is 0.926 bits per heavy atom. The van der Waals surface area contributed by atoms with E-state index in [2.05, 4.69) is 10.3 Å². The van der Waals surface area contributed by atoms with E-state index in [-0.39, 0.29) is 5.91 Å². The Balaban J connectivity index is 1.67. The van der Waals surface area contributed by atoms with Gasteiger partial charge in [-0.3, -0.25) is 19.8 Å². The summed E-state index contributed by atoms with van der Waals surface area (Å²) in [5, 5.41) is 11.5. The van der Waals surface area contributed by atoms with E-state index in [0.29, 0.717) is 17.7 Å². The van der Waals surface area contributed by atoms with Crippen molar-refractivity contribution in [1.82, 2.24) is 15.8 Å². The number of pyridine rings is 1. The van der Waals surface area contributed by atoms with Crippen molar-refractivity contribution in [3.8, 4) is 11.3 Å². The largest absolute Gasteiger partial charge is 0.348 e. The number of hydrogen-bond acceptors (Lipinski definition) is 4. The van der Waals surface area contributed by atoms with E-state index in [1.165, 1.54) is 0 Å². The third-order valence-corrected chi connectivity index (χ3v) is 4.14. The van der Waals surface area contributed by atoms with Crippen LogP contribution in [0.3, 0.4) is 0 Å². The molecule has 136 valence electrons. The Kier molecular flexibility index (Phi) is 5.58. The van der Waals surface area contributed by atoms with Crippen LogP contribution in [0.2, 0.25) is 0 Å². The molecule has 3 N–H and O–H groups in total. The van der Waals surface area contributed by atoms with Crippen molar-refractivity contribution in [2.45, 2.75) is 13.5 Å². The molecule has 3 aromatic rings. The number of aryl methyl sites for hydroxylation is 1. The fourth-order valence-electron chi connectivity index (χ4n) is 2.58. The maximum absolute atomic E-state index is 12.4. The van der Waals surface area contributed by atoms with Crippen LogP contribution in [-0.4, -0.2) is 22.0 Å². The Labute approximate surface area is 156 Å². The standard InChI is InChI=1S/C21H19N3O3/c1-14-2-6-16(7-3-14)19-12-18(10-11-22-19)20(25)23-13-15-4-8-17(9-5-15)21(26)24-27/h2-12,27H,13H2,1H3,(H,23,25)(H,24,26). The van der Waals surface area contributed by atoms with Crippen LogP contribution in [-0.2, 0) is 6.54 Å². The molecule has 0 fully saturated rings. The van der Waals surface area contributed by atoms with Crippen molar-refractivity contribution >= 4 is 11.8 Å². The van der Waals surface area contributed by atoms with Gasteiger partial charge in [0.1, 0.15) is 0 Å². The number of rotatable bonds is 5. The van der Waals surface area contributed by atoms with E-state index in [4.69, 9.17) is 5.21 Å². The first-order chi connectivity index (χ1) is 13.1. The average Bonchev–Trinajstić information content (AvgIpc) is 2.72. The summed E-state index contributed by atoms with van der Waals surface area (Å²) in [4.78, 5) is 28.1. The highest BCUT2D eigenvalue weighted by Gasteiger charge is 2.09. The molecule has 0 saturated carbocycles. The van der Waals surface area contributed by atoms with Gasteiger partial charge in [0.05, 0.1) is 5.69 Å². The van der Waals surface area contributed by atoms with Crippen molar-refractivity contribution in [3.63, 3.8) is 0 Å². The van der Waals surface area contributed by atoms with E-state index < -0.39 is 5.91 Å². The molecule has 6 heteroatoms. The second-order valence-corrected chi connectivity index (χ2v) is 6.12. The minimum Gasteiger partial charge on any atom is -0.348 e. The number of aromatic nitrogens is 1. The van der Waals surface area contributed by atoms with Gasteiger partial charge in [-0.05, 0) is 36.8 Å². The van der Waals surface area contributed by atoms with Crippen molar-refractivity contribution in [2.75, 3.05) is 0 Å². The summed E-state index contributed by atoms with van der Waals surface area (Å²) in [5.41, 5.74) is 6.13. The van der Waals surface area contributed by atoms with E-state index >= 15 is 0 Å². The average molecular weight is 361 g/mol. The van der Waals surface area contributed by atoms with Crippen molar-refractivity contribution in [2.24, 2.45) is 0 Å². The zero-order valence-electron chi connectivity index (χ0n) is 14.8. The Morgan fingerprint density at radius 3 is 2.30 bits per heavy atom. The number of amides is 2. The maximum atomic E-state index is 12.4. The van der Waals surface area contributed by atoms with Crippen molar-refractivity contribution in [3.05, 3.63) is 89.1 Å². The predicted octanol–water partition coefficient (Wildman–Crippen LogP) is 3.11. The van der Waals surface area contributed by atoms with Gasteiger partial charge in [0.15, 0.2) is 0 Å². The molecule has 0 spiro atoms.